The smallest absolute Gasteiger partial charge is 0.226 e. The molecular weight excluding hydrogens is 255 g/mol. The van der Waals surface area contributed by atoms with E-state index in [1.165, 1.54) is 12.1 Å². The predicted molar refractivity (Wildman–Crippen MR) is 79.3 cm³/mol. The van der Waals surface area contributed by atoms with Crippen LogP contribution in [0.4, 0.5) is 15.8 Å². The molecule has 2 aromatic carbocycles. The number of aryl methyl sites for hydroxylation is 1. The maximum absolute atomic E-state index is 12.7. The van der Waals surface area contributed by atoms with E-state index in [0.717, 1.165) is 16.9 Å². The van der Waals surface area contributed by atoms with Crippen LogP contribution in [0, 0.1) is 12.7 Å². The van der Waals surface area contributed by atoms with Crippen molar-refractivity contribution in [2.45, 2.75) is 13.3 Å². The summed E-state index contributed by atoms with van der Waals surface area (Å²) < 4.78 is 12.7. The first-order valence-electron chi connectivity index (χ1n) is 6.50. The Bertz CT molecular complexity index is 581. The zero-order valence-electron chi connectivity index (χ0n) is 11.3. The second-order valence-corrected chi connectivity index (χ2v) is 4.55. The molecule has 20 heavy (non-hydrogen) atoms. The number of carbonyl (C=O) groups is 1. The highest BCUT2D eigenvalue weighted by atomic mass is 19.1. The molecule has 1 amide bonds. The third-order valence-corrected chi connectivity index (χ3v) is 2.94. The van der Waals surface area contributed by atoms with Crippen LogP contribution in [0.3, 0.4) is 0 Å². The molecule has 4 heteroatoms. The van der Waals surface area contributed by atoms with E-state index in [-0.39, 0.29) is 11.7 Å². The van der Waals surface area contributed by atoms with Gasteiger partial charge >= 0.3 is 0 Å². The number of rotatable bonds is 5. The number of carbonyl (C=O) groups excluding carboxylic acids is 1. The Morgan fingerprint density at radius 3 is 2.50 bits per heavy atom. The van der Waals surface area contributed by atoms with Crippen LogP contribution >= 0.6 is 0 Å². The summed E-state index contributed by atoms with van der Waals surface area (Å²) in [6.45, 7) is 2.45. The first-order valence-corrected chi connectivity index (χ1v) is 6.50. The van der Waals surface area contributed by atoms with Crippen molar-refractivity contribution in [2.24, 2.45) is 0 Å². The van der Waals surface area contributed by atoms with E-state index in [4.69, 9.17) is 0 Å². The van der Waals surface area contributed by atoms with Gasteiger partial charge in [0.25, 0.3) is 0 Å². The summed E-state index contributed by atoms with van der Waals surface area (Å²) in [5.74, 6) is -0.318. The number of anilines is 2. The molecule has 0 saturated heterocycles. The van der Waals surface area contributed by atoms with Crippen LogP contribution in [0.1, 0.15) is 12.0 Å². The number of hydrogen-bond acceptors (Lipinski definition) is 2. The summed E-state index contributed by atoms with van der Waals surface area (Å²) in [6.07, 6.45) is 0.353. The standard InChI is InChI=1S/C16H17FN2O/c1-12-4-2-3-5-15(12)19-16(20)10-11-18-14-8-6-13(17)7-9-14/h2-9,18H,10-11H2,1H3,(H,19,20). The van der Waals surface area contributed by atoms with Crippen molar-refractivity contribution in [2.75, 3.05) is 17.2 Å². The van der Waals surface area contributed by atoms with Crippen LogP contribution in [0.2, 0.25) is 0 Å². The summed E-state index contributed by atoms with van der Waals surface area (Å²) in [6, 6.07) is 13.7. The Morgan fingerprint density at radius 1 is 1.10 bits per heavy atom. The highest BCUT2D eigenvalue weighted by molar-refractivity contribution is 5.91. The lowest BCUT2D eigenvalue weighted by atomic mass is 10.2. The van der Waals surface area contributed by atoms with E-state index in [9.17, 15) is 9.18 Å². The summed E-state index contributed by atoms with van der Waals surface area (Å²) >= 11 is 0. The number of benzene rings is 2. The third kappa shape index (κ3) is 4.09. The second kappa shape index (κ2) is 6.70. The van der Waals surface area contributed by atoms with Crippen LogP contribution in [0.25, 0.3) is 0 Å². The molecule has 0 saturated carbocycles. The molecule has 0 radical (unpaired) electrons. The topological polar surface area (TPSA) is 41.1 Å². The van der Waals surface area contributed by atoms with Gasteiger partial charge in [-0.1, -0.05) is 18.2 Å². The number of amides is 1. The fourth-order valence-electron chi connectivity index (χ4n) is 1.81. The Morgan fingerprint density at radius 2 is 1.80 bits per heavy atom. The van der Waals surface area contributed by atoms with Gasteiger partial charge in [0, 0.05) is 24.3 Å². The van der Waals surface area contributed by atoms with Crippen LogP contribution in [-0.2, 0) is 4.79 Å². The van der Waals surface area contributed by atoms with E-state index in [2.05, 4.69) is 10.6 Å². The normalized spacial score (nSPS) is 10.1. The molecule has 2 aromatic rings. The molecular formula is C16H17FN2O. The number of halogens is 1. The highest BCUT2D eigenvalue weighted by Crippen LogP contribution is 2.13. The number of para-hydroxylation sites is 1. The summed E-state index contributed by atoms with van der Waals surface area (Å²) in [5, 5.41) is 5.94. The van der Waals surface area contributed by atoms with E-state index >= 15 is 0 Å². The fourth-order valence-corrected chi connectivity index (χ4v) is 1.81. The van der Waals surface area contributed by atoms with Crippen molar-refractivity contribution in [3.05, 3.63) is 59.9 Å². The molecule has 2 N–H and O–H groups in total. The second-order valence-electron chi connectivity index (χ2n) is 4.55. The SMILES string of the molecule is Cc1ccccc1NC(=O)CCNc1ccc(F)cc1. The molecule has 3 nitrogen and oxygen atoms in total. The summed E-state index contributed by atoms with van der Waals surface area (Å²) in [4.78, 5) is 11.8. The quantitative estimate of drug-likeness (QED) is 0.873. The first-order chi connectivity index (χ1) is 9.65. The van der Waals surface area contributed by atoms with Gasteiger partial charge in [-0.25, -0.2) is 4.39 Å². The van der Waals surface area contributed by atoms with Crippen LogP contribution < -0.4 is 10.6 Å². The molecule has 2 rings (SSSR count). The lowest BCUT2D eigenvalue weighted by Crippen LogP contribution is -2.16. The van der Waals surface area contributed by atoms with Crippen LogP contribution in [-0.4, -0.2) is 12.5 Å². The lowest BCUT2D eigenvalue weighted by molar-refractivity contribution is -0.115. The van der Waals surface area contributed by atoms with Gasteiger partial charge in [-0.05, 0) is 42.8 Å². The molecule has 0 atom stereocenters. The van der Waals surface area contributed by atoms with E-state index in [1.54, 1.807) is 12.1 Å². The van der Waals surface area contributed by atoms with E-state index in [1.807, 2.05) is 31.2 Å². The zero-order chi connectivity index (χ0) is 14.4. The van der Waals surface area contributed by atoms with Crippen molar-refractivity contribution < 1.29 is 9.18 Å². The average molecular weight is 272 g/mol. The van der Waals surface area contributed by atoms with Gasteiger partial charge in [0.1, 0.15) is 5.82 Å². The maximum atomic E-state index is 12.7. The van der Waals surface area contributed by atoms with Gasteiger partial charge in [0.2, 0.25) is 5.91 Å². The maximum Gasteiger partial charge on any atom is 0.226 e. The minimum absolute atomic E-state index is 0.0473. The number of hydrogen-bond donors (Lipinski definition) is 2. The predicted octanol–water partition coefficient (Wildman–Crippen LogP) is 3.57. The zero-order valence-corrected chi connectivity index (χ0v) is 11.3. The van der Waals surface area contributed by atoms with Gasteiger partial charge in [-0.2, -0.15) is 0 Å². The molecule has 0 fully saturated rings. The van der Waals surface area contributed by atoms with Gasteiger partial charge in [-0.3, -0.25) is 4.79 Å². The fraction of sp³-hybridized carbons (Fsp3) is 0.188. The lowest BCUT2D eigenvalue weighted by Gasteiger charge is -2.09. The van der Waals surface area contributed by atoms with Gasteiger partial charge in [0.05, 0.1) is 0 Å². The summed E-state index contributed by atoms with van der Waals surface area (Å²) in [5.41, 5.74) is 2.67. The Labute approximate surface area is 117 Å². The van der Waals surface area contributed by atoms with Crippen molar-refractivity contribution >= 4 is 17.3 Å². The summed E-state index contributed by atoms with van der Waals surface area (Å²) in [7, 11) is 0. The van der Waals surface area contributed by atoms with Gasteiger partial charge in [-0.15, -0.1) is 0 Å². The monoisotopic (exact) mass is 272 g/mol. The van der Waals surface area contributed by atoms with E-state index in [0.29, 0.717) is 13.0 Å². The largest absolute Gasteiger partial charge is 0.385 e. The molecule has 0 spiro atoms. The van der Waals surface area contributed by atoms with Crippen molar-refractivity contribution in [1.29, 1.82) is 0 Å². The molecule has 104 valence electrons. The Hall–Kier alpha value is -2.36. The average Bonchev–Trinajstić information content (AvgIpc) is 2.44. The highest BCUT2D eigenvalue weighted by Gasteiger charge is 2.03. The first kappa shape index (κ1) is 14.1. The molecule has 0 aromatic heterocycles. The van der Waals surface area contributed by atoms with Crippen LogP contribution in [0.5, 0.6) is 0 Å². The molecule has 0 aliphatic carbocycles. The van der Waals surface area contributed by atoms with Crippen molar-refractivity contribution in [1.82, 2.24) is 0 Å². The van der Waals surface area contributed by atoms with Crippen LogP contribution in [0.15, 0.2) is 48.5 Å². The van der Waals surface area contributed by atoms with Crippen molar-refractivity contribution in [3.8, 4) is 0 Å². The third-order valence-electron chi connectivity index (χ3n) is 2.94. The van der Waals surface area contributed by atoms with Gasteiger partial charge < -0.3 is 10.6 Å². The Balaban J connectivity index is 1.78. The molecule has 0 heterocycles. The van der Waals surface area contributed by atoms with Gasteiger partial charge in [0.15, 0.2) is 0 Å². The van der Waals surface area contributed by atoms with E-state index < -0.39 is 0 Å². The Kier molecular flexibility index (Phi) is 4.71. The minimum Gasteiger partial charge on any atom is -0.385 e. The number of nitrogens with one attached hydrogen (secondary N) is 2. The molecule has 0 aliphatic rings. The molecule has 0 bridgehead atoms. The van der Waals surface area contributed by atoms with Crippen molar-refractivity contribution in [3.63, 3.8) is 0 Å². The molecule has 0 aliphatic heterocycles. The minimum atomic E-state index is -0.271. The molecule has 0 unspecified atom stereocenters.